The van der Waals surface area contributed by atoms with E-state index in [1.54, 1.807) is 11.8 Å². The van der Waals surface area contributed by atoms with E-state index in [0.717, 1.165) is 22.3 Å². The predicted octanol–water partition coefficient (Wildman–Crippen LogP) is 6.44. The fourth-order valence-corrected chi connectivity index (χ4v) is 5.88. The molecule has 1 saturated carbocycles. The van der Waals surface area contributed by atoms with Crippen LogP contribution in [0.15, 0.2) is 59.1 Å². The molecule has 0 atom stereocenters. The molecule has 228 valence electrons. The summed E-state index contributed by atoms with van der Waals surface area (Å²) in [4.78, 5) is 39.8. The van der Waals surface area contributed by atoms with Crippen LogP contribution in [0.4, 0.5) is 9.59 Å². The molecule has 2 amide bonds. The Balaban J connectivity index is 1.29. The number of ether oxygens (including phenoxy) is 3. The lowest BCUT2D eigenvalue weighted by molar-refractivity contribution is 0.0448. The average Bonchev–Trinajstić information content (AvgIpc) is 3.57. The van der Waals surface area contributed by atoms with Crippen LogP contribution >= 0.6 is 0 Å². The summed E-state index contributed by atoms with van der Waals surface area (Å²) < 4.78 is 21.9. The second-order valence-corrected chi connectivity index (χ2v) is 12.0. The lowest BCUT2D eigenvalue weighted by Gasteiger charge is -2.36. The van der Waals surface area contributed by atoms with Gasteiger partial charge in [-0.25, -0.2) is 14.4 Å². The molecule has 10 heteroatoms. The zero-order chi connectivity index (χ0) is 30.6. The maximum atomic E-state index is 13.7. The number of alkyl carbamates (subject to hydrolysis) is 1. The number of benzene rings is 2. The zero-order valence-corrected chi connectivity index (χ0v) is 25.1. The van der Waals surface area contributed by atoms with Gasteiger partial charge < -0.3 is 24.1 Å². The fraction of sp³-hybridized carbons (Fsp3) is 0.455. The van der Waals surface area contributed by atoms with E-state index >= 15 is 0 Å². The summed E-state index contributed by atoms with van der Waals surface area (Å²) in [5.74, 6) is -0.308. The first kappa shape index (κ1) is 30.1. The Hall–Kier alpha value is -4.34. The molecule has 2 aliphatic rings. The number of carbonyl (C=O) groups is 3. The summed E-state index contributed by atoms with van der Waals surface area (Å²) >= 11 is 0. The van der Waals surface area contributed by atoms with Crippen LogP contribution < -0.4 is 5.32 Å². The zero-order valence-electron chi connectivity index (χ0n) is 25.1. The maximum Gasteiger partial charge on any atom is 0.410 e. The van der Waals surface area contributed by atoms with Crippen LogP contribution in [0.1, 0.15) is 86.7 Å². The lowest BCUT2D eigenvalue weighted by atomic mass is 9.90. The van der Waals surface area contributed by atoms with Crippen LogP contribution in [0.5, 0.6) is 0 Å². The number of amides is 2. The van der Waals surface area contributed by atoms with Crippen molar-refractivity contribution in [3.63, 3.8) is 0 Å². The predicted molar refractivity (Wildman–Crippen MR) is 158 cm³/mol. The quantitative estimate of drug-likeness (QED) is 0.236. The second-order valence-electron chi connectivity index (χ2n) is 12.0. The van der Waals surface area contributed by atoms with E-state index in [-0.39, 0.29) is 43.5 Å². The minimum Gasteiger partial charge on any atom is -0.461 e. The van der Waals surface area contributed by atoms with Gasteiger partial charge in [0, 0.05) is 24.1 Å². The van der Waals surface area contributed by atoms with Crippen molar-refractivity contribution in [3.05, 3.63) is 77.2 Å². The Morgan fingerprint density at radius 1 is 0.953 bits per heavy atom. The van der Waals surface area contributed by atoms with Gasteiger partial charge in [-0.1, -0.05) is 53.7 Å². The van der Waals surface area contributed by atoms with Crippen LogP contribution in [0.2, 0.25) is 0 Å². The molecule has 10 nitrogen and oxygen atoms in total. The molecule has 1 heterocycles. The number of hydrogen-bond acceptors (Lipinski definition) is 8. The SMILES string of the molecule is CCOC(=O)c1cc(CN(C(=O)OCC2c3ccccc3-c3ccccc32)C2CCC(NC(=O)OC(C)(C)C)CC2)on1. The number of fused-ring (bicyclic) bond motifs is 3. The van der Waals surface area contributed by atoms with E-state index in [0.29, 0.717) is 31.4 Å². The molecule has 2 aromatic carbocycles. The number of nitrogens with one attached hydrogen (secondary N) is 1. The average molecular weight is 590 g/mol. The Kier molecular flexibility index (Phi) is 9.03. The molecule has 0 unspecified atom stereocenters. The van der Waals surface area contributed by atoms with Gasteiger partial charge in [0.15, 0.2) is 11.5 Å². The number of nitrogens with zero attached hydrogens (tertiary/aromatic N) is 2. The minimum atomic E-state index is -0.584. The molecule has 3 aromatic rings. The van der Waals surface area contributed by atoms with E-state index in [1.807, 2.05) is 45.0 Å². The van der Waals surface area contributed by atoms with Gasteiger partial charge in [-0.05, 0) is 75.6 Å². The van der Waals surface area contributed by atoms with Crippen LogP contribution in [-0.2, 0) is 20.8 Å². The van der Waals surface area contributed by atoms with Gasteiger partial charge in [0.05, 0.1) is 13.2 Å². The van der Waals surface area contributed by atoms with Gasteiger partial charge in [0.25, 0.3) is 0 Å². The standard InChI is InChI=1S/C33H39N3O7/c1-5-40-30(37)29-18-23(43-35-29)19-36(22-16-14-21(15-17-22)34-31(38)42-33(2,3)4)32(39)41-20-28-26-12-8-6-10-24(26)25-11-7-9-13-27(25)28/h6-13,18,21-22,28H,5,14-17,19-20H2,1-4H3,(H,34,38). The molecule has 0 bridgehead atoms. The van der Waals surface area contributed by atoms with Crippen molar-refractivity contribution in [2.45, 2.75) is 83.5 Å². The lowest BCUT2D eigenvalue weighted by Crippen LogP contribution is -2.47. The van der Waals surface area contributed by atoms with Crippen molar-refractivity contribution in [2.24, 2.45) is 0 Å². The first-order valence-corrected chi connectivity index (χ1v) is 14.9. The maximum absolute atomic E-state index is 13.7. The first-order valence-electron chi connectivity index (χ1n) is 14.9. The normalized spacial score (nSPS) is 17.9. The minimum absolute atomic E-state index is 0.0506. The third-order valence-corrected chi connectivity index (χ3v) is 7.80. The van der Waals surface area contributed by atoms with Crippen molar-refractivity contribution in [3.8, 4) is 11.1 Å². The van der Waals surface area contributed by atoms with Gasteiger partial charge in [-0.15, -0.1) is 0 Å². The van der Waals surface area contributed by atoms with Crippen molar-refractivity contribution < 1.29 is 33.1 Å². The van der Waals surface area contributed by atoms with Crippen molar-refractivity contribution in [1.82, 2.24) is 15.4 Å². The third kappa shape index (κ3) is 7.18. The van der Waals surface area contributed by atoms with Gasteiger partial charge in [0.1, 0.15) is 12.2 Å². The van der Waals surface area contributed by atoms with E-state index in [1.165, 1.54) is 6.07 Å². The van der Waals surface area contributed by atoms with Gasteiger partial charge in [0.2, 0.25) is 0 Å². The highest BCUT2D eigenvalue weighted by molar-refractivity contribution is 5.87. The van der Waals surface area contributed by atoms with Gasteiger partial charge in [-0.2, -0.15) is 0 Å². The molecule has 0 saturated heterocycles. The number of rotatable bonds is 8. The summed E-state index contributed by atoms with van der Waals surface area (Å²) in [6.45, 7) is 7.67. The number of hydrogen-bond donors (Lipinski definition) is 1. The van der Waals surface area contributed by atoms with E-state index < -0.39 is 23.8 Å². The topological polar surface area (TPSA) is 120 Å². The molecule has 1 fully saturated rings. The summed E-state index contributed by atoms with van der Waals surface area (Å²) in [7, 11) is 0. The Morgan fingerprint density at radius 2 is 1.58 bits per heavy atom. The molecule has 5 rings (SSSR count). The summed E-state index contributed by atoms with van der Waals surface area (Å²) in [6, 6.07) is 17.7. The first-order chi connectivity index (χ1) is 20.6. The third-order valence-electron chi connectivity index (χ3n) is 7.80. The number of aromatic nitrogens is 1. The molecule has 1 N–H and O–H groups in total. The molecule has 0 spiro atoms. The molecule has 1 aromatic heterocycles. The number of carbonyl (C=O) groups excluding carboxylic acids is 3. The fourth-order valence-electron chi connectivity index (χ4n) is 5.88. The smallest absolute Gasteiger partial charge is 0.410 e. The number of esters is 1. The van der Waals surface area contributed by atoms with E-state index in [2.05, 4.69) is 34.7 Å². The Bertz CT molecular complexity index is 1410. The molecule has 43 heavy (non-hydrogen) atoms. The summed E-state index contributed by atoms with van der Waals surface area (Å²) in [5, 5.41) is 6.78. The van der Waals surface area contributed by atoms with Crippen LogP contribution in [-0.4, -0.2) is 59.1 Å². The molecular formula is C33H39N3O7. The van der Waals surface area contributed by atoms with Crippen LogP contribution in [0, 0.1) is 0 Å². The van der Waals surface area contributed by atoms with E-state index in [4.69, 9.17) is 18.7 Å². The van der Waals surface area contributed by atoms with Crippen molar-refractivity contribution >= 4 is 18.2 Å². The highest BCUT2D eigenvalue weighted by Gasteiger charge is 2.34. The van der Waals surface area contributed by atoms with Gasteiger partial charge in [-0.3, -0.25) is 4.90 Å². The highest BCUT2D eigenvalue weighted by Crippen LogP contribution is 2.44. The summed E-state index contributed by atoms with van der Waals surface area (Å²) in [6.07, 6.45) is 1.70. The molecule has 0 aliphatic heterocycles. The van der Waals surface area contributed by atoms with Crippen molar-refractivity contribution in [1.29, 1.82) is 0 Å². The second kappa shape index (κ2) is 12.9. The monoisotopic (exact) mass is 589 g/mol. The van der Waals surface area contributed by atoms with Crippen molar-refractivity contribution in [2.75, 3.05) is 13.2 Å². The molecule has 2 aliphatic carbocycles. The highest BCUT2D eigenvalue weighted by atomic mass is 16.6. The van der Waals surface area contributed by atoms with Crippen LogP contribution in [0.3, 0.4) is 0 Å². The largest absolute Gasteiger partial charge is 0.461 e. The molecular weight excluding hydrogens is 550 g/mol. The Morgan fingerprint density at radius 3 is 2.19 bits per heavy atom. The van der Waals surface area contributed by atoms with E-state index in [9.17, 15) is 14.4 Å². The van der Waals surface area contributed by atoms with Gasteiger partial charge >= 0.3 is 18.2 Å². The summed E-state index contributed by atoms with van der Waals surface area (Å²) in [5.41, 5.74) is 4.04. The Labute approximate surface area is 251 Å². The van der Waals surface area contributed by atoms with Crippen LogP contribution in [0.25, 0.3) is 11.1 Å². The molecule has 0 radical (unpaired) electrons.